The number of aliphatic hydroxyl groups is 1. The number of anilines is 1. The molecular weight excluding hydrogens is 180 g/mol. The molecule has 0 aliphatic rings. The average Bonchev–Trinajstić information content (AvgIpc) is 2.19. The smallest absolute Gasteiger partial charge is 0.257 e. The first-order valence-electron chi connectivity index (χ1n) is 4.35. The number of carbonyl (C=O) groups excluding carboxylic acids is 1. The average molecular weight is 194 g/mol. The van der Waals surface area contributed by atoms with Crippen LogP contribution in [0.1, 0.15) is 6.92 Å². The molecule has 4 nitrogen and oxygen atoms in total. The molecule has 0 aromatic heterocycles. The van der Waals surface area contributed by atoms with E-state index in [0.717, 1.165) is 0 Å². The lowest BCUT2D eigenvalue weighted by Crippen LogP contribution is -2.46. The van der Waals surface area contributed by atoms with Crippen LogP contribution in [0.4, 0.5) is 5.69 Å². The van der Waals surface area contributed by atoms with E-state index >= 15 is 0 Å². The van der Waals surface area contributed by atoms with Crippen LogP contribution in [0.2, 0.25) is 0 Å². The first-order valence-corrected chi connectivity index (χ1v) is 4.35. The molecule has 1 rings (SSSR count). The van der Waals surface area contributed by atoms with Gasteiger partial charge in [0.1, 0.15) is 0 Å². The van der Waals surface area contributed by atoms with Gasteiger partial charge in [0.25, 0.3) is 5.91 Å². The molecule has 0 unspecified atom stereocenters. The summed E-state index contributed by atoms with van der Waals surface area (Å²) in [6.07, 6.45) is 0. The van der Waals surface area contributed by atoms with Gasteiger partial charge in [-0.2, -0.15) is 0 Å². The highest BCUT2D eigenvalue weighted by atomic mass is 16.3. The summed E-state index contributed by atoms with van der Waals surface area (Å²) in [5, 5.41) is 12.1. The molecule has 0 fully saturated rings. The summed E-state index contributed by atoms with van der Waals surface area (Å²) < 4.78 is 0. The van der Waals surface area contributed by atoms with Crippen LogP contribution in [0.25, 0.3) is 0 Å². The molecule has 4 N–H and O–H groups in total. The molecule has 1 aromatic carbocycles. The molecule has 0 aliphatic heterocycles. The highest BCUT2D eigenvalue weighted by Crippen LogP contribution is 2.09. The van der Waals surface area contributed by atoms with Crippen molar-refractivity contribution in [2.24, 2.45) is 5.73 Å². The summed E-state index contributed by atoms with van der Waals surface area (Å²) in [6.45, 7) is 1.27. The maximum atomic E-state index is 11.4. The van der Waals surface area contributed by atoms with Gasteiger partial charge in [-0.25, -0.2) is 0 Å². The number of nitrogens with one attached hydrogen (secondary N) is 1. The Labute approximate surface area is 82.7 Å². The molecule has 0 spiro atoms. The van der Waals surface area contributed by atoms with Crippen LogP contribution in [0.15, 0.2) is 30.3 Å². The lowest BCUT2D eigenvalue weighted by Gasteiger charge is -2.19. The molecule has 0 aliphatic carbocycles. The van der Waals surface area contributed by atoms with Gasteiger partial charge in [-0.1, -0.05) is 18.2 Å². The van der Waals surface area contributed by atoms with Crippen molar-refractivity contribution in [3.63, 3.8) is 0 Å². The molecule has 0 radical (unpaired) electrons. The number of para-hydroxylation sites is 1. The summed E-state index contributed by atoms with van der Waals surface area (Å²) in [5.74, 6) is -0.494. The second-order valence-corrected chi connectivity index (χ2v) is 3.30. The van der Waals surface area contributed by atoms with Gasteiger partial charge in [-0.3, -0.25) is 4.79 Å². The number of nitrogens with two attached hydrogens (primary N) is 1. The summed E-state index contributed by atoms with van der Waals surface area (Å²) >= 11 is 0. The van der Waals surface area contributed by atoms with E-state index in [1.165, 1.54) is 6.92 Å². The highest BCUT2D eigenvalue weighted by Gasteiger charge is 2.28. The summed E-state index contributed by atoms with van der Waals surface area (Å²) in [5.41, 5.74) is 4.38. The maximum Gasteiger partial charge on any atom is 0.257 e. The van der Waals surface area contributed by atoms with Gasteiger partial charge in [-0.05, 0) is 19.1 Å². The summed E-state index contributed by atoms with van der Waals surface area (Å²) in [7, 11) is 0. The Kier molecular flexibility index (Phi) is 3.22. The molecule has 14 heavy (non-hydrogen) atoms. The van der Waals surface area contributed by atoms with Crippen LogP contribution in [0, 0.1) is 0 Å². The van der Waals surface area contributed by atoms with Crippen molar-refractivity contribution < 1.29 is 9.90 Å². The zero-order valence-corrected chi connectivity index (χ0v) is 8.03. The lowest BCUT2D eigenvalue weighted by molar-refractivity contribution is -0.131. The SMILES string of the molecule is C[C@](O)(CN)C(=O)Nc1ccccc1. The lowest BCUT2D eigenvalue weighted by atomic mass is 10.1. The van der Waals surface area contributed by atoms with E-state index in [0.29, 0.717) is 5.69 Å². The van der Waals surface area contributed by atoms with Crippen LogP contribution in [-0.4, -0.2) is 23.2 Å². The third-order valence-corrected chi connectivity index (χ3v) is 1.92. The predicted octanol–water partition coefficient (Wildman–Crippen LogP) is 0.335. The number of benzene rings is 1. The largest absolute Gasteiger partial charge is 0.379 e. The number of carbonyl (C=O) groups is 1. The van der Waals surface area contributed by atoms with Gasteiger partial charge < -0.3 is 16.2 Å². The van der Waals surface area contributed by atoms with Crippen LogP contribution in [0.3, 0.4) is 0 Å². The fourth-order valence-electron chi connectivity index (χ4n) is 0.880. The van der Waals surface area contributed by atoms with E-state index in [9.17, 15) is 9.90 Å². The normalized spacial score (nSPS) is 14.5. The van der Waals surface area contributed by atoms with E-state index in [1.54, 1.807) is 24.3 Å². The molecule has 0 heterocycles. The number of hydrogen-bond acceptors (Lipinski definition) is 3. The number of amides is 1. The minimum Gasteiger partial charge on any atom is -0.379 e. The Balaban J connectivity index is 2.67. The van der Waals surface area contributed by atoms with Crippen LogP contribution >= 0.6 is 0 Å². The molecule has 76 valence electrons. The molecule has 1 amide bonds. The van der Waals surface area contributed by atoms with Gasteiger partial charge in [0.15, 0.2) is 5.60 Å². The standard InChI is InChI=1S/C10H14N2O2/c1-10(14,7-11)9(13)12-8-5-3-2-4-6-8/h2-6,14H,7,11H2,1H3,(H,12,13)/t10-/m0/s1. The minimum absolute atomic E-state index is 0.105. The predicted molar refractivity (Wildman–Crippen MR) is 54.7 cm³/mol. The monoisotopic (exact) mass is 194 g/mol. The van der Waals surface area contributed by atoms with E-state index in [2.05, 4.69) is 5.32 Å². The topological polar surface area (TPSA) is 75.3 Å². The molecule has 4 heteroatoms. The quantitative estimate of drug-likeness (QED) is 0.649. The van der Waals surface area contributed by atoms with Crippen molar-refractivity contribution in [1.82, 2.24) is 0 Å². The van der Waals surface area contributed by atoms with Crippen molar-refractivity contribution in [3.05, 3.63) is 30.3 Å². The first-order chi connectivity index (χ1) is 6.56. The van der Waals surface area contributed by atoms with Crippen molar-refractivity contribution in [3.8, 4) is 0 Å². The molecule has 0 saturated carbocycles. The highest BCUT2D eigenvalue weighted by molar-refractivity contribution is 5.96. The molecule has 0 bridgehead atoms. The van der Waals surface area contributed by atoms with E-state index in [-0.39, 0.29) is 6.54 Å². The van der Waals surface area contributed by atoms with E-state index < -0.39 is 11.5 Å². The molecule has 0 saturated heterocycles. The second kappa shape index (κ2) is 4.21. The zero-order valence-electron chi connectivity index (χ0n) is 8.03. The van der Waals surface area contributed by atoms with Gasteiger partial charge in [-0.15, -0.1) is 0 Å². The van der Waals surface area contributed by atoms with Crippen molar-refractivity contribution in [2.75, 3.05) is 11.9 Å². The fraction of sp³-hybridized carbons (Fsp3) is 0.300. The second-order valence-electron chi connectivity index (χ2n) is 3.30. The van der Waals surface area contributed by atoms with Crippen LogP contribution < -0.4 is 11.1 Å². The third kappa shape index (κ3) is 2.55. The number of rotatable bonds is 3. The van der Waals surface area contributed by atoms with E-state index in [4.69, 9.17) is 5.73 Å². The molecule has 1 aromatic rings. The van der Waals surface area contributed by atoms with Gasteiger partial charge in [0, 0.05) is 12.2 Å². The fourth-order valence-corrected chi connectivity index (χ4v) is 0.880. The van der Waals surface area contributed by atoms with E-state index in [1.807, 2.05) is 6.07 Å². The maximum absolute atomic E-state index is 11.4. The van der Waals surface area contributed by atoms with Crippen molar-refractivity contribution >= 4 is 11.6 Å². The molecular formula is C10H14N2O2. The Hall–Kier alpha value is -1.39. The van der Waals surface area contributed by atoms with Gasteiger partial charge in [0.05, 0.1) is 0 Å². The zero-order chi connectivity index (χ0) is 10.6. The summed E-state index contributed by atoms with van der Waals surface area (Å²) in [4.78, 5) is 11.4. The van der Waals surface area contributed by atoms with Crippen molar-refractivity contribution in [2.45, 2.75) is 12.5 Å². The Bertz CT molecular complexity index is 309. The molecule has 1 atom stereocenters. The van der Waals surface area contributed by atoms with Crippen molar-refractivity contribution in [1.29, 1.82) is 0 Å². The summed E-state index contributed by atoms with van der Waals surface area (Å²) in [6, 6.07) is 8.92. The van der Waals surface area contributed by atoms with Crippen LogP contribution in [0.5, 0.6) is 0 Å². The Morgan fingerprint density at radius 2 is 2.07 bits per heavy atom. The third-order valence-electron chi connectivity index (χ3n) is 1.92. The van der Waals surface area contributed by atoms with Gasteiger partial charge in [0.2, 0.25) is 0 Å². The van der Waals surface area contributed by atoms with Gasteiger partial charge >= 0.3 is 0 Å². The Morgan fingerprint density at radius 3 is 2.57 bits per heavy atom. The first kappa shape index (κ1) is 10.7. The van der Waals surface area contributed by atoms with Crippen LogP contribution in [-0.2, 0) is 4.79 Å². The number of hydrogen-bond donors (Lipinski definition) is 3. The Morgan fingerprint density at radius 1 is 1.50 bits per heavy atom. The minimum atomic E-state index is -1.52.